The quantitative estimate of drug-likeness (QED) is 0.663. The number of hydrogen-bond donors (Lipinski definition) is 1. The van der Waals surface area contributed by atoms with Crippen LogP contribution in [0.1, 0.15) is 49.6 Å². The number of nitriles is 1. The third-order valence-corrected chi connectivity index (χ3v) is 5.71. The summed E-state index contributed by atoms with van der Waals surface area (Å²) in [7, 11) is 0. The predicted octanol–water partition coefficient (Wildman–Crippen LogP) is 5.28. The molecule has 142 valence electrons. The molecule has 0 aliphatic heterocycles. The molecule has 1 amide bonds. The highest BCUT2D eigenvalue weighted by Gasteiger charge is 2.21. The van der Waals surface area contributed by atoms with Crippen molar-refractivity contribution in [2.75, 3.05) is 5.32 Å². The van der Waals surface area contributed by atoms with E-state index in [2.05, 4.69) is 30.2 Å². The molecule has 0 bridgehead atoms. The van der Waals surface area contributed by atoms with Gasteiger partial charge in [0.25, 0.3) is 0 Å². The molecular weight excluding hydrogens is 354 g/mol. The van der Waals surface area contributed by atoms with Crippen molar-refractivity contribution < 1.29 is 4.79 Å². The van der Waals surface area contributed by atoms with E-state index in [1.807, 2.05) is 45.0 Å². The maximum absolute atomic E-state index is 12.8. The van der Waals surface area contributed by atoms with Crippen molar-refractivity contribution in [1.82, 2.24) is 4.98 Å². The number of aryl methyl sites for hydroxylation is 2. The van der Waals surface area contributed by atoms with Crippen molar-refractivity contribution in [3.8, 4) is 6.07 Å². The van der Waals surface area contributed by atoms with Crippen molar-refractivity contribution in [2.45, 2.75) is 57.7 Å². The third kappa shape index (κ3) is 5.83. The summed E-state index contributed by atoms with van der Waals surface area (Å²) in [5.41, 5.74) is 4.60. The number of nitrogens with zero attached hydrogens (tertiary/aromatic N) is 2. The monoisotopic (exact) mass is 381 g/mol. The lowest BCUT2D eigenvalue weighted by Crippen LogP contribution is -2.25. The number of benzene rings is 1. The standard InChI is InChI=1S/C22H27N3OS/c1-6-20(21(26)24-19-9-7-15(4)16(5)12-19)27-22-17(13-23)8-10-18(25-22)11-14(2)3/h7-10,12,14,20H,6,11H2,1-5H3,(H,24,26). The van der Waals surface area contributed by atoms with Gasteiger partial charge in [-0.3, -0.25) is 4.79 Å². The summed E-state index contributed by atoms with van der Waals surface area (Å²) in [4.78, 5) is 17.4. The Morgan fingerprint density at radius 1 is 1.22 bits per heavy atom. The van der Waals surface area contributed by atoms with Crippen LogP contribution in [0.3, 0.4) is 0 Å². The summed E-state index contributed by atoms with van der Waals surface area (Å²) in [6.07, 6.45) is 1.51. The summed E-state index contributed by atoms with van der Waals surface area (Å²) in [5, 5.41) is 12.7. The van der Waals surface area contributed by atoms with Gasteiger partial charge < -0.3 is 5.32 Å². The van der Waals surface area contributed by atoms with Crippen LogP contribution in [0, 0.1) is 31.1 Å². The summed E-state index contributed by atoms with van der Waals surface area (Å²) in [5.74, 6) is 0.420. The Morgan fingerprint density at radius 2 is 1.96 bits per heavy atom. The molecule has 2 aromatic rings. The van der Waals surface area contributed by atoms with Gasteiger partial charge in [0.15, 0.2) is 0 Å². The third-order valence-electron chi connectivity index (χ3n) is 4.35. The Morgan fingerprint density at radius 3 is 2.56 bits per heavy atom. The molecule has 27 heavy (non-hydrogen) atoms. The maximum atomic E-state index is 12.8. The lowest BCUT2D eigenvalue weighted by atomic mass is 10.1. The second-order valence-electron chi connectivity index (χ2n) is 7.17. The average molecular weight is 382 g/mol. The summed E-state index contributed by atoms with van der Waals surface area (Å²) < 4.78 is 0. The molecule has 2 rings (SSSR count). The van der Waals surface area contributed by atoms with E-state index in [1.54, 1.807) is 6.07 Å². The smallest absolute Gasteiger partial charge is 0.237 e. The van der Waals surface area contributed by atoms with Gasteiger partial charge in [-0.15, -0.1) is 0 Å². The number of rotatable bonds is 7. The van der Waals surface area contributed by atoms with Gasteiger partial charge in [0.1, 0.15) is 11.1 Å². The van der Waals surface area contributed by atoms with Crippen molar-refractivity contribution >= 4 is 23.4 Å². The number of carbonyl (C=O) groups is 1. The predicted molar refractivity (Wildman–Crippen MR) is 112 cm³/mol. The van der Waals surface area contributed by atoms with E-state index in [0.29, 0.717) is 22.9 Å². The largest absolute Gasteiger partial charge is 0.325 e. The number of aromatic nitrogens is 1. The van der Waals surface area contributed by atoms with Crippen molar-refractivity contribution in [1.29, 1.82) is 5.26 Å². The Bertz CT molecular complexity index is 855. The van der Waals surface area contributed by atoms with Gasteiger partial charge in [-0.2, -0.15) is 5.26 Å². The molecule has 1 atom stereocenters. The fourth-order valence-corrected chi connectivity index (χ4v) is 3.70. The minimum atomic E-state index is -0.305. The van der Waals surface area contributed by atoms with Gasteiger partial charge in [0, 0.05) is 11.4 Å². The minimum absolute atomic E-state index is 0.0642. The van der Waals surface area contributed by atoms with Crippen LogP contribution in [0.5, 0.6) is 0 Å². The molecule has 1 aromatic heterocycles. The van der Waals surface area contributed by atoms with Crippen LogP contribution >= 0.6 is 11.8 Å². The number of amides is 1. The van der Waals surface area contributed by atoms with Crippen LogP contribution in [0.2, 0.25) is 0 Å². The van der Waals surface area contributed by atoms with Gasteiger partial charge >= 0.3 is 0 Å². The van der Waals surface area contributed by atoms with E-state index in [9.17, 15) is 10.1 Å². The SMILES string of the molecule is CCC(Sc1nc(CC(C)C)ccc1C#N)C(=O)Nc1ccc(C)c(C)c1. The van der Waals surface area contributed by atoms with E-state index in [4.69, 9.17) is 0 Å². The topological polar surface area (TPSA) is 65.8 Å². The Labute approximate surface area is 166 Å². The zero-order valence-corrected chi connectivity index (χ0v) is 17.5. The van der Waals surface area contributed by atoms with Crippen LogP contribution in [-0.2, 0) is 11.2 Å². The van der Waals surface area contributed by atoms with Crippen LogP contribution in [0.25, 0.3) is 0 Å². The van der Waals surface area contributed by atoms with Gasteiger partial charge in [-0.1, -0.05) is 38.6 Å². The molecule has 5 heteroatoms. The first kappa shape index (κ1) is 21.0. The highest BCUT2D eigenvalue weighted by molar-refractivity contribution is 8.00. The molecule has 0 fully saturated rings. The molecule has 0 saturated heterocycles. The van der Waals surface area contributed by atoms with Crippen molar-refractivity contribution in [3.05, 3.63) is 52.7 Å². The van der Waals surface area contributed by atoms with Gasteiger partial charge in [0.2, 0.25) is 5.91 Å². The first-order valence-electron chi connectivity index (χ1n) is 9.28. The second-order valence-corrected chi connectivity index (χ2v) is 8.36. The normalized spacial score (nSPS) is 11.9. The number of hydrogen-bond acceptors (Lipinski definition) is 4. The molecule has 0 aliphatic carbocycles. The zero-order chi connectivity index (χ0) is 20.0. The van der Waals surface area contributed by atoms with E-state index >= 15 is 0 Å². The number of pyridine rings is 1. The van der Waals surface area contributed by atoms with Crippen molar-refractivity contribution in [2.24, 2.45) is 5.92 Å². The van der Waals surface area contributed by atoms with E-state index in [0.717, 1.165) is 23.4 Å². The van der Waals surface area contributed by atoms with Gasteiger partial charge in [0.05, 0.1) is 10.8 Å². The molecule has 0 radical (unpaired) electrons. The van der Waals surface area contributed by atoms with Crippen LogP contribution < -0.4 is 5.32 Å². The first-order chi connectivity index (χ1) is 12.8. The fraction of sp³-hybridized carbons (Fsp3) is 0.409. The molecule has 1 N–H and O–H groups in total. The number of nitrogens with one attached hydrogen (secondary N) is 1. The lowest BCUT2D eigenvalue weighted by molar-refractivity contribution is -0.115. The van der Waals surface area contributed by atoms with Crippen molar-refractivity contribution in [3.63, 3.8) is 0 Å². The molecule has 4 nitrogen and oxygen atoms in total. The summed E-state index contributed by atoms with van der Waals surface area (Å²) in [6.45, 7) is 10.3. The van der Waals surface area contributed by atoms with Crippen LogP contribution in [0.15, 0.2) is 35.4 Å². The van der Waals surface area contributed by atoms with Gasteiger partial charge in [-0.25, -0.2) is 4.98 Å². The summed E-state index contributed by atoms with van der Waals surface area (Å²) in [6, 6.07) is 11.8. The molecule has 1 aromatic carbocycles. The highest BCUT2D eigenvalue weighted by atomic mass is 32.2. The number of carbonyl (C=O) groups excluding carboxylic acids is 1. The van der Waals surface area contributed by atoms with E-state index < -0.39 is 0 Å². The average Bonchev–Trinajstić information content (AvgIpc) is 2.62. The molecule has 1 unspecified atom stereocenters. The van der Waals surface area contributed by atoms with Gasteiger partial charge in [-0.05, 0) is 68.0 Å². The van der Waals surface area contributed by atoms with Crippen LogP contribution in [0.4, 0.5) is 5.69 Å². The molecular formula is C22H27N3OS. The fourth-order valence-electron chi connectivity index (χ4n) is 2.68. The highest BCUT2D eigenvalue weighted by Crippen LogP contribution is 2.28. The summed E-state index contributed by atoms with van der Waals surface area (Å²) >= 11 is 1.37. The second kappa shape index (κ2) is 9.57. The maximum Gasteiger partial charge on any atom is 0.237 e. The first-order valence-corrected chi connectivity index (χ1v) is 10.2. The number of thioether (sulfide) groups is 1. The Balaban J connectivity index is 2.18. The molecule has 0 saturated carbocycles. The Hall–Kier alpha value is -2.32. The minimum Gasteiger partial charge on any atom is -0.325 e. The number of anilines is 1. The van der Waals surface area contributed by atoms with E-state index in [-0.39, 0.29) is 11.2 Å². The zero-order valence-electron chi connectivity index (χ0n) is 16.7. The molecule has 0 spiro atoms. The molecule has 1 heterocycles. The molecule has 0 aliphatic rings. The lowest BCUT2D eigenvalue weighted by Gasteiger charge is -2.16. The van der Waals surface area contributed by atoms with E-state index in [1.165, 1.54) is 17.3 Å². The Kier molecular flexibility index (Phi) is 7.44. The van der Waals surface area contributed by atoms with Crippen LogP contribution in [-0.4, -0.2) is 16.1 Å².